The van der Waals surface area contributed by atoms with Gasteiger partial charge in [-0.3, -0.25) is 9.88 Å². The van der Waals surface area contributed by atoms with E-state index in [1.54, 1.807) is 18.2 Å². The van der Waals surface area contributed by atoms with Gasteiger partial charge in [-0.05, 0) is 54.8 Å². The molecule has 4 aromatic rings. The normalized spacial score (nSPS) is 14.5. The van der Waals surface area contributed by atoms with Gasteiger partial charge in [-0.2, -0.15) is 0 Å². The van der Waals surface area contributed by atoms with Crippen LogP contribution < -0.4 is 4.90 Å². The minimum absolute atomic E-state index is 0.174. The molecule has 0 amide bonds. The number of aryl methyl sites for hydroxylation is 2. The number of para-hydroxylation sites is 1. The fraction of sp³-hybridized carbons (Fsp3) is 0.276. The number of aromatic carboxylic acids is 1. The second kappa shape index (κ2) is 11.3. The van der Waals surface area contributed by atoms with Crippen LogP contribution in [0.4, 0.5) is 10.1 Å². The second-order valence-corrected chi connectivity index (χ2v) is 9.31. The van der Waals surface area contributed by atoms with Crippen molar-refractivity contribution >= 4 is 11.7 Å². The number of hydrogen-bond acceptors (Lipinski definition) is 5. The van der Waals surface area contributed by atoms with Crippen molar-refractivity contribution in [2.75, 3.05) is 31.1 Å². The van der Waals surface area contributed by atoms with E-state index in [0.717, 1.165) is 43.9 Å². The highest BCUT2D eigenvalue weighted by molar-refractivity contribution is 5.88. The van der Waals surface area contributed by atoms with E-state index in [2.05, 4.69) is 39.0 Å². The molecule has 37 heavy (non-hydrogen) atoms. The lowest BCUT2D eigenvalue weighted by Gasteiger charge is -2.23. The predicted octanol–water partition coefficient (Wildman–Crippen LogP) is 4.74. The molecule has 0 aliphatic carbocycles. The number of carboxylic acid groups (broad SMARTS) is 1. The van der Waals surface area contributed by atoms with Crippen molar-refractivity contribution in [3.8, 4) is 11.5 Å². The van der Waals surface area contributed by atoms with Gasteiger partial charge in [0.1, 0.15) is 11.5 Å². The van der Waals surface area contributed by atoms with E-state index in [4.69, 9.17) is 4.98 Å². The van der Waals surface area contributed by atoms with Crippen LogP contribution in [-0.4, -0.2) is 56.7 Å². The number of anilines is 1. The summed E-state index contributed by atoms with van der Waals surface area (Å²) in [6.07, 6.45) is 5.30. The highest BCUT2D eigenvalue weighted by atomic mass is 19.1. The molecule has 1 saturated heterocycles. The SMILES string of the molecule is O=C(O)c1ccnc(-c2nc(CN3CCCN(c4ccccc4)CC3)cn2CCc2ccc(F)cc2)c1. The van der Waals surface area contributed by atoms with Gasteiger partial charge in [0.25, 0.3) is 0 Å². The van der Waals surface area contributed by atoms with Crippen molar-refractivity contribution in [2.24, 2.45) is 0 Å². The molecule has 1 N–H and O–H groups in total. The average molecular weight is 500 g/mol. The largest absolute Gasteiger partial charge is 0.478 e. The fourth-order valence-electron chi connectivity index (χ4n) is 4.76. The van der Waals surface area contributed by atoms with Crippen molar-refractivity contribution in [2.45, 2.75) is 25.9 Å². The van der Waals surface area contributed by atoms with E-state index in [1.807, 2.05) is 16.8 Å². The molecular formula is C29H30FN5O2. The Morgan fingerprint density at radius 1 is 0.973 bits per heavy atom. The van der Waals surface area contributed by atoms with E-state index < -0.39 is 5.97 Å². The van der Waals surface area contributed by atoms with E-state index in [-0.39, 0.29) is 11.4 Å². The number of imidazole rings is 1. The highest BCUT2D eigenvalue weighted by Crippen LogP contribution is 2.21. The topological polar surface area (TPSA) is 74.5 Å². The third kappa shape index (κ3) is 6.21. The Morgan fingerprint density at radius 2 is 1.78 bits per heavy atom. The Labute approximate surface area is 215 Å². The quantitative estimate of drug-likeness (QED) is 0.378. The first kappa shape index (κ1) is 24.6. The molecule has 3 heterocycles. The van der Waals surface area contributed by atoms with Gasteiger partial charge in [0, 0.05) is 57.3 Å². The van der Waals surface area contributed by atoms with E-state index in [9.17, 15) is 14.3 Å². The van der Waals surface area contributed by atoms with Crippen molar-refractivity contribution in [1.29, 1.82) is 0 Å². The first-order chi connectivity index (χ1) is 18.0. The molecule has 0 saturated carbocycles. The summed E-state index contributed by atoms with van der Waals surface area (Å²) in [4.78, 5) is 25.7. The van der Waals surface area contributed by atoms with Gasteiger partial charge in [0.2, 0.25) is 0 Å². The monoisotopic (exact) mass is 499 g/mol. The summed E-state index contributed by atoms with van der Waals surface area (Å²) in [6.45, 7) is 5.20. The van der Waals surface area contributed by atoms with E-state index in [0.29, 0.717) is 31.0 Å². The van der Waals surface area contributed by atoms with E-state index in [1.165, 1.54) is 30.1 Å². The Balaban J connectivity index is 1.35. The lowest BCUT2D eigenvalue weighted by atomic mass is 10.1. The van der Waals surface area contributed by atoms with Gasteiger partial charge in [0.05, 0.1) is 11.3 Å². The number of benzene rings is 2. The maximum atomic E-state index is 13.3. The van der Waals surface area contributed by atoms with Crippen LogP contribution >= 0.6 is 0 Å². The highest BCUT2D eigenvalue weighted by Gasteiger charge is 2.19. The molecule has 8 heteroatoms. The number of carbonyl (C=O) groups is 1. The molecule has 2 aromatic heterocycles. The minimum atomic E-state index is -0.999. The zero-order valence-corrected chi connectivity index (χ0v) is 20.6. The number of halogens is 1. The van der Waals surface area contributed by atoms with Crippen molar-refractivity contribution < 1.29 is 14.3 Å². The number of nitrogens with zero attached hydrogens (tertiary/aromatic N) is 5. The lowest BCUT2D eigenvalue weighted by Crippen LogP contribution is -2.30. The van der Waals surface area contributed by atoms with Gasteiger partial charge in [-0.1, -0.05) is 30.3 Å². The number of aromatic nitrogens is 3. The summed E-state index contributed by atoms with van der Waals surface area (Å²) in [6, 6.07) is 20.0. The number of carboxylic acids is 1. The van der Waals surface area contributed by atoms with Gasteiger partial charge in [-0.25, -0.2) is 14.2 Å². The molecule has 1 aliphatic rings. The zero-order chi connectivity index (χ0) is 25.6. The summed E-state index contributed by atoms with van der Waals surface area (Å²) >= 11 is 0. The van der Waals surface area contributed by atoms with Gasteiger partial charge >= 0.3 is 5.97 Å². The summed E-state index contributed by atoms with van der Waals surface area (Å²) in [7, 11) is 0. The van der Waals surface area contributed by atoms with Crippen LogP contribution in [0.25, 0.3) is 11.5 Å². The molecule has 5 rings (SSSR count). The fourth-order valence-corrected chi connectivity index (χ4v) is 4.76. The molecule has 0 atom stereocenters. The van der Waals surface area contributed by atoms with Crippen molar-refractivity contribution in [1.82, 2.24) is 19.4 Å². The summed E-state index contributed by atoms with van der Waals surface area (Å²) in [5.74, 6) is -0.617. The lowest BCUT2D eigenvalue weighted by molar-refractivity contribution is 0.0696. The van der Waals surface area contributed by atoms with Crippen LogP contribution in [0.5, 0.6) is 0 Å². The van der Waals surface area contributed by atoms with Crippen molar-refractivity contribution in [3.63, 3.8) is 0 Å². The van der Waals surface area contributed by atoms with E-state index >= 15 is 0 Å². The van der Waals surface area contributed by atoms with Crippen LogP contribution in [0.3, 0.4) is 0 Å². The van der Waals surface area contributed by atoms with Crippen LogP contribution in [-0.2, 0) is 19.5 Å². The second-order valence-electron chi connectivity index (χ2n) is 9.31. The molecule has 190 valence electrons. The summed E-state index contributed by atoms with van der Waals surface area (Å²) in [5, 5.41) is 9.46. The third-order valence-electron chi connectivity index (χ3n) is 6.71. The standard InChI is InChI=1S/C29H30FN5O2/c30-24-9-7-22(8-10-24)12-16-35-21-25(32-28(35)27-19-23(29(36)37)11-13-31-27)20-33-14-4-15-34(18-17-33)26-5-2-1-3-6-26/h1-3,5-11,13,19,21H,4,12,14-18,20H2,(H,36,37). The van der Waals surface area contributed by atoms with Gasteiger partial charge in [0.15, 0.2) is 5.82 Å². The molecule has 2 aromatic carbocycles. The molecule has 0 spiro atoms. The van der Waals surface area contributed by atoms with Crippen LogP contribution in [0, 0.1) is 5.82 Å². The predicted molar refractivity (Wildman–Crippen MR) is 141 cm³/mol. The Kier molecular flexibility index (Phi) is 7.56. The third-order valence-corrected chi connectivity index (χ3v) is 6.71. The van der Waals surface area contributed by atoms with Gasteiger partial charge < -0.3 is 14.6 Å². The molecule has 1 aliphatic heterocycles. The van der Waals surface area contributed by atoms with Crippen LogP contribution in [0.2, 0.25) is 0 Å². The first-order valence-corrected chi connectivity index (χ1v) is 12.6. The van der Waals surface area contributed by atoms with Gasteiger partial charge in [-0.15, -0.1) is 0 Å². The average Bonchev–Trinajstić information content (AvgIpc) is 3.18. The zero-order valence-electron chi connectivity index (χ0n) is 20.6. The maximum absolute atomic E-state index is 13.3. The summed E-state index contributed by atoms with van der Waals surface area (Å²) < 4.78 is 15.4. The van der Waals surface area contributed by atoms with Crippen LogP contribution in [0.15, 0.2) is 79.1 Å². The molecule has 1 fully saturated rings. The molecule has 0 radical (unpaired) electrons. The van der Waals surface area contributed by atoms with Crippen molar-refractivity contribution in [3.05, 3.63) is 102 Å². The Morgan fingerprint density at radius 3 is 2.57 bits per heavy atom. The molecule has 0 bridgehead atoms. The molecule has 7 nitrogen and oxygen atoms in total. The van der Waals surface area contributed by atoms with Crippen LogP contribution in [0.1, 0.15) is 28.0 Å². The Hall–Kier alpha value is -4.04. The molecular weight excluding hydrogens is 469 g/mol. The maximum Gasteiger partial charge on any atom is 0.335 e. The first-order valence-electron chi connectivity index (χ1n) is 12.6. The number of hydrogen-bond donors (Lipinski definition) is 1. The number of rotatable bonds is 8. The minimum Gasteiger partial charge on any atom is -0.478 e. The summed E-state index contributed by atoms with van der Waals surface area (Å²) in [5.41, 5.74) is 3.89. The smallest absolute Gasteiger partial charge is 0.335 e. The number of pyridine rings is 1. The Bertz CT molecular complexity index is 1340. The molecule has 0 unspecified atom stereocenters.